The first-order valence-electron chi connectivity index (χ1n) is 7.86. The van der Waals surface area contributed by atoms with E-state index in [4.69, 9.17) is 0 Å². The third-order valence-corrected chi connectivity index (χ3v) is 4.51. The lowest BCUT2D eigenvalue weighted by Crippen LogP contribution is -2.41. The number of hydrogen-bond acceptors (Lipinski definition) is 1. The van der Waals surface area contributed by atoms with Crippen molar-refractivity contribution in [2.45, 2.75) is 89.6 Å². The van der Waals surface area contributed by atoms with Gasteiger partial charge in [0.2, 0.25) is 0 Å². The Morgan fingerprint density at radius 2 is 1.29 bits per heavy atom. The normalized spacial score (nSPS) is 24.3. The van der Waals surface area contributed by atoms with Gasteiger partial charge in [-0.1, -0.05) is 51.5 Å². The van der Waals surface area contributed by atoms with Gasteiger partial charge in [0.1, 0.15) is 0 Å². The zero-order chi connectivity index (χ0) is 11.9. The van der Waals surface area contributed by atoms with Crippen LogP contribution in [0.2, 0.25) is 0 Å². The molecule has 1 heteroatoms. The minimum Gasteiger partial charge on any atom is -0.372 e. The van der Waals surface area contributed by atoms with Crippen LogP contribution in [0.1, 0.15) is 77.6 Å². The molecule has 17 heavy (non-hydrogen) atoms. The Balaban J connectivity index is 1.97. The second kappa shape index (κ2) is 7.08. The van der Waals surface area contributed by atoms with Gasteiger partial charge in [0, 0.05) is 12.1 Å². The smallest absolute Gasteiger partial charge is 0.0287 e. The number of nitrogens with zero attached hydrogens (tertiary/aromatic N) is 1. The molecule has 0 heterocycles. The Labute approximate surface area is 107 Å². The van der Waals surface area contributed by atoms with Crippen molar-refractivity contribution in [3.8, 4) is 0 Å². The Morgan fingerprint density at radius 3 is 1.71 bits per heavy atom. The molecule has 2 aliphatic rings. The monoisotopic (exact) mass is 235 g/mol. The van der Waals surface area contributed by atoms with Gasteiger partial charge >= 0.3 is 0 Å². The lowest BCUT2D eigenvalue weighted by Gasteiger charge is -2.41. The van der Waals surface area contributed by atoms with Gasteiger partial charge in [0.25, 0.3) is 0 Å². The van der Waals surface area contributed by atoms with Crippen molar-refractivity contribution < 1.29 is 0 Å². The van der Waals surface area contributed by atoms with Crippen LogP contribution in [0.5, 0.6) is 0 Å². The molecule has 0 saturated heterocycles. The summed E-state index contributed by atoms with van der Waals surface area (Å²) in [7, 11) is 0. The van der Waals surface area contributed by atoms with E-state index in [1.807, 2.05) is 0 Å². The first-order chi connectivity index (χ1) is 8.42. The average Bonchev–Trinajstić information content (AvgIpc) is 2.42. The molecule has 2 aliphatic carbocycles. The Hall–Kier alpha value is -0.460. The minimum absolute atomic E-state index is 0.856. The molecule has 0 spiro atoms. The summed E-state index contributed by atoms with van der Waals surface area (Å²) in [5.74, 6) is 0. The SMILES string of the molecule is CCC=CN(C1CCCCC1)C1CCCCC1. The van der Waals surface area contributed by atoms with E-state index in [1.165, 1.54) is 70.6 Å². The molecule has 0 aromatic heterocycles. The molecule has 98 valence electrons. The standard InChI is InChI=1S/C16H29N/c1-2-3-14-17(15-10-6-4-7-11-15)16-12-8-5-9-13-16/h3,14-16H,2,4-13H2,1H3. The van der Waals surface area contributed by atoms with Crippen LogP contribution in [-0.2, 0) is 0 Å². The molecule has 2 rings (SSSR count). The first-order valence-corrected chi connectivity index (χ1v) is 7.86. The van der Waals surface area contributed by atoms with E-state index in [0.29, 0.717) is 0 Å². The number of hydrogen-bond donors (Lipinski definition) is 0. The maximum atomic E-state index is 2.75. The molecule has 0 unspecified atom stereocenters. The van der Waals surface area contributed by atoms with Gasteiger partial charge in [-0.15, -0.1) is 0 Å². The molecule has 0 radical (unpaired) electrons. The molecule has 0 aromatic carbocycles. The van der Waals surface area contributed by atoms with Crippen LogP contribution in [0.15, 0.2) is 12.3 Å². The van der Waals surface area contributed by atoms with Crippen molar-refractivity contribution in [1.82, 2.24) is 4.90 Å². The highest BCUT2D eigenvalue weighted by Crippen LogP contribution is 2.30. The van der Waals surface area contributed by atoms with Crippen molar-refractivity contribution in [2.24, 2.45) is 0 Å². The summed E-state index contributed by atoms with van der Waals surface area (Å²) >= 11 is 0. The summed E-state index contributed by atoms with van der Waals surface area (Å²) in [5.41, 5.74) is 0. The summed E-state index contributed by atoms with van der Waals surface area (Å²) in [6.07, 6.45) is 20.5. The van der Waals surface area contributed by atoms with Gasteiger partial charge in [-0.05, 0) is 38.3 Å². The predicted octanol–water partition coefficient (Wildman–Crippen LogP) is 4.88. The van der Waals surface area contributed by atoms with Crippen LogP contribution in [0.4, 0.5) is 0 Å². The molecular formula is C16H29N. The van der Waals surface area contributed by atoms with Crippen LogP contribution < -0.4 is 0 Å². The predicted molar refractivity (Wildman–Crippen MR) is 75.0 cm³/mol. The summed E-state index contributed by atoms with van der Waals surface area (Å²) < 4.78 is 0. The van der Waals surface area contributed by atoms with Crippen LogP contribution in [0.25, 0.3) is 0 Å². The van der Waals surface area contributed by atoms with E-state index in [-0.39, 0.29) is 0 Å². The summed E-state index contributed by atoms with van der Waals surface area (Å²) in [5, 5.41) is 0. The molecule has 2 fully saturated rings. The van der Waals surface area contributed by atoms with Crippen molar-refractivity contribution in [2.75, 3.05) is 0 Å². The lowest BCUT2D eigenvalue weighted by molar-refractivity contribution is 0.133. The second-order valence-corrected chi connectivity index (χ2v) is 5.82. The molecule has 1 nitrogen and oxygen atoms in total. The minimum atomic E-state index is 0.856. The Kier molecular flexibility index (Phi) is 5.41. The van der Waals surface area contributed by atoms with Crippen LogP contribution in [-0.4, -0.2) is 17.0 Å². The fourth-order valence-corrected chi connectivity index (χ4v) is 3.53. The highest BCUT2D eigenvalue weighted by atomic mass is 15.2. The lowest BCUT2D eigenvalue weighted by atomic mass is 9.89. The van der Waals surface area contributed by atoms with Crippen LogP contribution in [0.3, 0.4) is 0 Å². The third kappa shape index (κ3) is 3.76. The van der Waals surface area contributed by atoms with Crippen molar-refractivity contribution in [1.29, 1.82) is 0 Å². The van der Waals surface area contributed by atoms with Crippen molar-refractivity contribution >= 4 is 0 Å². The average molecular weight is 235 g/mol. The fraction of sp³-hybridized carbons (Fsp3) is 0.875. The Morgan fingerprint density at radius 1 is 0.824 bits per heavy atom. The van der Waals surface area contributed by atoms with Crippen LogP contribution in [0, 0.1) is 0 Å². The number of allylic oxidation sites excluding steroid dienone is 1. The summed E-state index contributed by atoms with van der Waals surface area (Å²) in [4.78, 5) is 2.75. The van der Waals surface area contributed by atoms with Crippen molar-refractivity contribution in [3.05, 3.63) is 12.3 Å². The molecule has 2 saturated carbocycles. The van der Waals surface area contributed by atoms with E-state index < -0.39 is 0 Å². The van der Waals surface area contributed by atoms with E-state index >= 15 is 0 Å². The second-order valence-electron chi connectivity index (χ2n) is 5.82. The Bertz CT molecular complexity index is 204. The van der Waals surface area contributed by atoms with Gasteiger partial charge in [-0.3, -0.25) is 0 Å². The molecule has 0 amide bonds. The zero-order valence-corrected chi connectivity index (χ0v) is 11.5. The van der Waals surface area contributed by atoms with E-state index in [0.717, 1.165) is 12.1 Å². The van der Waals surface area contributed by atoms with E-state index in [2.05, 4.69) is 24.1 Å². The van der Waals surface area contributed by atoms with Gasteiger partial charge in [0.05, 0.1) is 0 Å². The fourth-order valence-electron chi connectivity index (χ4n) is 3.53. The zero-order valence-electron chi connectivity index (χ0n) is 11.5. The van der Waals surface area contributed by atoms with E-state index in [1.54, 1.807) is 0 Å². The van der Waals surface area contributed by atoms with Gasteiger partial charge in [0.15, 0.2) is 0 Å². The van der Waals surface area contributed by atoms with E-state index in [9.17, 15) is 0 Å². The molecule has 0 N–H and O–H groups in total. The highest BCUT2D eigenvalue weighted by Gasteiger charge is 2.26. The first kappa shape index (κ1) is 13.0. The maximum Gasteiger partial charge on any atom is 0.0287 e. The highest BCUT2D eigenvalue weighted by molar-refractivity contribution is 4.92. The summed E-state index contributed by atoms with van der Waals surface area (Å²) in [6, 6.07) is 1.71. The molecule has 0 bridgehead atoms. The third-order valence-electron chi connectivity index (χ3n) is 4.51. The molecular weight excluding hydrogens is 206 g/mol. The molecule has 0 aliphatic heterocycles. The van der Waals surface area contributed by atoms with Gasteiger partial charge in [-0.2, -0.15) is 0 Å². The molecule has 0 atom stereocenters. The maximum absolute atomic E-state index is 2.75. The van der Waals surface area contributed by atoms with Crippen molar-refractivity contribution in [3.63, 3.8) is 0 Å². The van der Waals surface area contributed by atoms with Gasteiger partial charge in [-0.25, -0.2) is 0 Å². The number of rotatable bonds is 4. The quantitative estimate of drug-likeness (QED) is 0.671. The topological polar surface area (TPSA) is 3.24 Å². The van der Waals surface area contributed by atoms with Gasteiger partial charge < -0.3 is 4.90 Å². The summed E-state index contributed by atoms with van der Waals surface area (Å²) in [6.45, 7) is 2.25. The largest absolute Gasteiger partial charge is 0.372 e. The molecule has 0 aromatic rings. The van der Waals surface area contributed by atoms with Crippen LogP contribution >= 0.6 is 0 Å².